The molecular formula is C22H37IN4O2S. The number of hydrogen-bond acceptors (Lipinski definition) is 4. The molecule has 170 valence electrons. The lowest BCUT2D eigenvalue weighted by Gasteiger charge is -2.30. The molecule has 6 nitrogen and oxygen atoms in total. The van der Waals surface area contributed by atoms with Crippen molar-refractivity contribution in [1.29, 1.82) is 0 Å². The SMILES string of the molecule is CCS(=O)C1CCCC(NC(=NC)NCc2ccnc(OC3CCCCC3)c2)C1.I. The molecular weight excluding hydrogens is 511 g/mol. The standard InChI is InChI=1S/C22H36N4O2S.HI/c1-3-29(27)20-11-7-8-18(15-20)26-22(23-2)25-16-17-12-13-24-21(14-17)28-19-9-5-4-6-10-19;/h12-14,18-20H,3-11,15-16H2,1-2H3,(H2,23,25,26);1H. The molecule has 3 rings (SSSR count). The largest absolute Gasteiger partial charge is 0.474 e. The van der Waals surface area contributed by atoms with E-state index in [1.54, 1.807) is 7.05 Å². The van der Waals surface area contributed by atoms with E-state index in [1.807, 2.05) is 25.3 Å². The summed E-state index contributed by atoms with van der Waals surface area (Å²) in [6, 6.07) is 4.36. The van der Waals surface area contributed by atoms with Gasteiger partial charge in [-0.15, -0.1) is 24.0 Å². The Labute approximate surface area is 200 Å². The van der Waals surface area contributed by atoms with Crippen LogP contribution in [-0.2, 0) is 17.3 Å². The molecule has 1 heterocycles. The molecule has 0 radical (unpaired) electrons. The van der Waals surface area contributed by atoms with E-state index in [4.69, 9.17) is 4.74 Å². The monoisotopic (exact) mass is 548 g/mol. The number of ether oxygens (including phenoxy) is 1. The first-order valence-corrected chi connectivity index (χ1v) is 12.5. The fourth-order valence-corrected chi connectivity index (χ4v) is 5.65. The van der Waals surface area contributed by atoms with Crippen molar-refractivity contribution in [2.75, 3.05) is 12.8 Å². The summed E-state index contributed by atoms with van der Waals surface area (Å²) in [5.74, 6) is 2.26. The number of hydrogen-bond donors (Lipinski definition) is 2. The lowest BCUT2D eigenvalue weighted by molar-refractivity contribution is 0.148. The summed E-state index contributed by atoms with van der Waals surface area (Å²) in [6.45, 7) is 2.68. The van der Waals surface area contributed by atoms with Gasteiger partial charge in [-0.05, 0) is 56.6 Å². The van der Waals surface area contributed by atoms with E-state index in [1.165, 1.54) is 19.3 Å². The molecule has 8 heteroatoms. The van der Waals surface area contributed by atoms with Gasteiger partial charge in [-0.1, -0.05) is 19.8 Å². The minimum absolute atomic E-state index is 0. The third-order valence-electron chi connectivity index (χ3n) is 5.95. The predicted molar refractivity (Wildman–Crippen MR) is 135 cm³/mol. The number of nitrogens with zero attached hydrogens (tertiary/aromatic N) is 2. The lowest BCUT2D eigenvalue weighted by Crippen LogP contribution is -2.46. The van der Waals surface area contributed by atoms with Crippen LogP contribution in [0, 0.1) is 0 Å². The van der Waals surface area contributed by atoms with Crippen molar-refractivity contribution in [3.05, 3.63) is 23.9 Å². The number of nitrogens with one attached hydrogen (secondary N) is 2. The second-order valence-corrected chi connectivity index (χ2v) is 10.1. The summed E-state index contributed by atoms with van der Waals surface area (Å²) in [4.78, 5) is 8.76. The zero-order valence-corrected chi connectivity index (χ0v) is 21.4. The molecule has 0 spiro atoms. The average molecular weight is 549 g/mol. The Morgan fingerprint density at radius 2 is 2.03 bits per heavy atom. The first-order chi connectivity index (χ1) is 14.2. The van der Waals surface area contributed by atoms with E-state index < -0.39 is 10.8 Å². The third-order valence-corrected chi connectivity index (χ3v) is 7.69. The summed E-state index contributed by atoms with van der Waals surface area (Å²) >= 11 is 0. The van der Waals surface area contributed by atoms with Gasteiger partial charge in [0.05, 0.1) is 0 Å². The number of aliphatic imine (C=N–C) groups is 1. The molecule has 1 aromatic rings. The van der Waals surface area contributed by atoms with Crippen molar-refractivity contribution in [3.63, 3.8) is 0 Å². The van der Waals surface area contributed by atoms with E-state index in [9.17, 15) is 4.21 Å². The van der Waals surface area contributed by atoms with Crippen molar-refractivity contribution in [2.24, 2.45) is 4.99 Å². The van der Waals surface area contributed by atoms with Gasteiger partial charge < -0.3 is 15.4 Å². The molecule has 3 atom stereocenters. The molecule has 0 amide bonds. The molecule has 2 fully saturated rings. The van der Waals surface area contributed by atoms with Crippen LogP contribution in [0.5, 0.6) is 5.88 Å². The first-order valence-electron chi connectivity index (χ1n) is 11.1. The van der Waals surface area contributed by atoms with Crippen molar-refractivity contribution < 1.29 is 8.95 Å². The van der Waals surface area contributed by atoms with Crippen molar-refractivity contribution in [1.82, 2.24) is 15.6 Å². The highest BCUT2D eigenvalue weighted by atomic mass is 127. The normalized spacial score (nSPS) is 23.9. The Hall–Kier alpha value is -0.900. The average Bonchev–Trinajstić information content (AvgIpc) is 2.77. The zero-order chi connectivity index (χ0) is 20.5. The highest BCUT2D eigenvalue weighted by molar-refractivity contribution is 14.0. The molecule has 0 aliphatic heterocycles. The smallest absolute Gasteiger partial charge is 0.213 e. The highest BCUT2D eigenvalue weighted by Gasteiger charge is 2.26. The number of halogens is 1. The van der Waals surface area contributed by atoms with E-state index in [-0.39, 0.29) is 24.0 Å². The fourth-order valence-electron chi connectivity index (χ4n) is 4.30. The van der Waals surface area contributed by atoms with Gasteiger partial charge in [0.2, 0.25) is 5.88 Å². The topological polar surface area (TPSA) is 75.6 Å². The van der Waals surface area contributed by atoms with Crippen LogP contribution in [0.15, 0.2) is 23.3 Å². The molecule has 2 N–H and O–H groups in total. The van der Waals surface area contributed by atoms with E-state index >= 15 is 0 Å². The van der Waals surface area contributed by atoms with Crippen LogP contribution in [0.25, 0.3) is 0 Å². The molecule has 1 aromatic heterocycles. The second kappa shape index (κ2) is 13.5. The molecule has 0 bridgehead atoms. The van der Waals surface area contributed by atoms with Gasteiger partial charge in [0.15, 0.2) is 5.96 Å². The van der Waals surface area contributed by atoms with Crippen molar-refractivity contribution in [2.45, 2.75) is 88.7 Å². The highest BCUT2D eigenvalue weighted by Crippen LogP contribution is 2.24. The van der Waals surface area contributed by atoms with Gasteiger partial charge in [-0.25, -0.2) is 4.98 Å². The first kappa shape index (κ1) is 25.4. The van der Waals surface area contributed by atoms with Gasteiger partial charge in [-0.3, -0.25) is 9.20 Å². The van der Waals surface area contributed by atoms with Crippen LogP contribution in [-0.4, -0.2) is 45.3 Å². The summed E-state index contributed by atoms with van der Waals surface area (Å²) in [7, 11) is 1.08. The second-order valence-electron chi connectivity index (χ2n) is 8.11. The Kier molecular flexibility index (Phi) is 11.4. The molecule has 2 aliphatic rings. The Morgan fingerprint density at radius 3 is 2.77 bits per heavy atom. The maximum atomic E-state index is 12.2. The van der Waals surface area contributed by atoms with Crippen LogP contribution in [0.2, 0.25) is 0 Å². The quantitative estimate of drug-likeness (QED) is 0.304. The van der Waals surface area contributed by atoms with E-state index in [0.29, 0.717) is 23.9 Å². The molecule has 2 saturated carbocycles. The Morgan fingerprint density at radius 1 is 1.23 bits per heavy atom. The zero-order valence-electron chi connectivity index (χ0n) is 18.3. The van der Waals surface area contributed by atoms with Gasteiger partial charge in [0.1, 0.15) is 6.10 Å². The molecule has 2 aliphatic carbocycles. The predicted octanol–water partition coefficient (Wildman–Crippen LogP) is 4.16. The molecule has 0 aromatic carbocycles. The maximum Gasteiger partial charge on any atom is 0.213 e. The number of rotatable bonds is 7. The van der Waals surface area contributed by atoms with E-state index in [0.717, 1.165) is 61.7 Å². The maximum absolute atomic E-state index is 12.2. The van der Waals surface area contributed by atoms with Crippen LogP contribution in [0.1, 0.15) is 70.3 Å². The van der Waals surface area contributed by atoms with Gasteiger partial charge >= 0.3 is 0 Å². The van der Waals surface area contributed by atoms with Crippen LogP contribution < -0.4 is 15.4 Å². The van der Waals surface area contributed by atoms with Crippen LogP contribution in [0.4, 0.5) is 0 Å². The van der Waals surface area contributed by atoms with Crippen molar-refractivity contribution in [3.8, 4) is 5.88 Å². The summed E-state index contributed by atoms with van der Waals surface area (Å²) in [6.07, 6.45) is 12.5. The minimum atomic E-state index is -0.712. The van der Waals surface area contributed by atoms with Crippen molar-refractivity contribution >= 4 is 40.7 Å². The number of pyridine rings is 1. The van der Waals surface area contributed by atoms with Gasteiger partial charge in [0.25, 0.3) is 0 Å². The van der Waals surface area contributed by atoms with E-state index in [2.05, 4.69) is 20.6 Å². The molecule has 0 saturated heterocycles. The van der Waals surface area contributed by atoms with Crippen LogP contribution in [0.3, 0.4) is 0 Å². The third kappa shape index (κ3) is 7.98. The van der Waals surface area contributed by atoms with Gasteiger partial charge in [0, 0.05) is 53.7 Å². The number of aromatic nitrogens is 1. The van der Waals surface area contributed by atoms with Gasteiger partial charge in [-0.2, -0.15) is 0 Å². The van der Waals surface area contributed by atoms with Crippen LogP contribution >= 0.6 is 24.0 Å². The Bertz CT molecular complexity index is 697. The summed E-state index contributed by atoms with van der Waals surface area (Å²) in [5.41, 5.74) is 1.13. The molecule has 30 heavy (non-hydrogen) atoms. The summed E-state index contributed by atoms with van der Waals surface area (Å²) in [5, 5.41) is 7.23. The number of guanidine groups is 1. The minimum Gasteiger partial charge on any atom is -0.474 e. The fraction of sp³-hybridized carbons (Fsp3) is 0.727. The molecule has 3 unspecified atom stereocenters. The Balaban J connectivity index is 0.00000320. The summed E-state index contributed by atoms with van der Waals surface area (Å²) < 4.78 is 18.3. The lowest BCUT2D eigenvalue weighted by atomic mass is 9.95.